The average molecular weight is 523 g/mol. The number of fused-ring (bicyclic) bond motifs is 1. The molecule has 2 heterocycles. The molecule has 37 heavy (non-hydrogen) atoms. The lowest BCUT2D eigenvalue weighted by molar-refractivity contribution is -0.138. The third-order valence-electron chi connectivity index (χ3n) is 7.41. The zero-order chi connectivity index (χ0) is 26.6. The largest absolute Gasteiger partial charge is 0.417 e. The number of rotatable bonds is 6. The quantitative estimate of drug-likeness (QED) is 0.468. The number of alkyl halides is 6. The zero-order valence-electron chi connectivity index (χ0n) is 19.5. The number of H-pyrrole nitrogens is 1. The van der Waals surface area contributed by atoms with E-state index >= 15 is 0 Å². The van der Waals surface area contributed by atoms with Crippen LogP contribution in [-0.4, -0.2) is 34.1 Å². The highest BCUT2D eigenvalue weighted by Crippen LogP contribution is 2.59. The number of aromatic nitrogens is 2. The van der Waals surface area contributed by atoms with Crippen molar-refractivity contribution < 1.29 is 26.3 Å². The summed E-state index contributed by atoms with van der Waals surface area (Å²) < 4.78 is 80.2. The molecule has 2 aliphatic rings. The number of hydrogen-bond donors (Lipinski definition) is 1. The molecule has 5 rings (SSSR count). The molecule has 0 radical (unpaired) electrons. The second kappa shape index (κ2) is 8.90. The highest BCUT2D eigenvalue weighted by Gasteiger charge is 2.60. The van der Waals surface area contributed by atoms with Crippen molar-refractivity contribution in [1.82, 2.24) is 14.5 Å². The standard InChI is InChI=1S/C26H23F6N3O2/c27-25(28,29)17-8-6-16(7-9-17)24-12-18(24)13-34(15-24)10-3-11-35-14-20(22(36)33-23(35)37)19-4-1-2-5-21(19)26(30,31)32/h1-2,4-9,14,18H,3,10-13,15H2,(H,33,36,37)/t18-,24+/m0/s1. The molecule has 5 nitrogen and oxygen atoms in total. The molecule has 2 aromatic carbocycles. The Morgan fingerprint density at radius 3 is 2.27 bits per heavy atom. The summed E-state index contributed by atoms with van der Waals surface area (Å²) in [5.74, 6) is 0.352. The van der Waals surface area contributed by atoms with Crippen LogP contribution in [0.2, 0.25) is 0 Å². The lowest BCUT2D eigenvalue weighted by Crippen LogP contribution is -2.33. The summed E-state index contributed by atoms with van der Waals surface area (Å²) in [6.45, 7) is 2.25. The highest BCUT2D eigenvalue weighted by molar-refractivity contribution is 5.66. The van der Waals surface area contributed by atoms with Crippen molar-refractivity contribution >= 4 is 0 Å². The van der Waals surface area contributed by atoms with Crippen LogP contribution < -0.4 is 11.2 Å². The summed E-state index contributed by atoms with van der Waals surface area (Å²) in [4.78, 5) is 28.9. The molecule has 1 N–H and O–H groups in total. The van der Waals surface area contributed by atoms with Crippen LogP contribution in [0.1, 0.15) is 29.5 Å². The predicted octanol–water partition coefficient (Wildman–Crippen LogP) is 4.90. The van der Waals surface area contributed by atoms with E-state index in [4.69, 9.17) is 0 Å². The lowest BCUT2D eigenvalue weighted by atomic mass is 9.94. The minimum Gasteiger partial charge on any atom is -0.302 e. The van der Waals surface area contributed by atoms with Crippen LogP contribution in [0.15, 0.2) is 64.3 Å². The molecule has 0 unspecified atom stereocenters. The number of aromatic amines is 1. The maximum atomic E-state index is 13.4. The summed E-state index contributed by atoms with van der Waals surface area (Å²) in [7, 11) is 0. The summed E-state index contributed by atoms with van der Waals surface area (Å²) in [6, 6.07) is 10.0. The van der Waals surface area contributed by atoms with Crippen molar-refractivity contribution in [3.63, 3.8) is 0 Å². The third kappa shape index (κ3) is 4.84. The van der Waals surface area contributed by atoms with E-state index in [0.717, 1.165) is 42.9 Å². The smallest absolute Gasteiger partial charge is 0.302 e. The van der Waals surface area contributed by atoms with Crippen molar-refractivity contribution in [3.05, 3.63) is 92.3 Å². The molecule has 1 saturated carbocycles. The first-order chi connectivity index (χ1) is 17.4. The Labute approximate surface area is 207 Å². The third-order valence-corrected chi connectivity index (χ3v) is 7.41. The minimum absolute atomic E-state index is 0.159. The maximum absolute atomic E-state index is 13.4. The summed E-state index contributed by atoms with van der Waals surface area (Å²) >= 11 is 0. The van der Waals surface area contributed by atoms with Gasteiger partial charge in [-0.3, -0.25) is 14.3 Å². The fourth-order valence-corrected chi connectivity index (χ4v) is 5.49. The fourth-order valence-electron chi connectivity index (χ4n) is 5.49. The Morgan fingerprint density at radius 1 is 0.892 bits per heavy atom. The van der Waals surface area contributed by atoms with Crippen molar-refractivity contribution in [2.24, 2.45) is 5.92 Å². The molecule has 11 heteroatoms. The molecule has 2 atom stereocenters. The Morgan fingerprint density at radius 2 is 1.59 bits per heavy atom. The first-order valence-electron chi connectivity index (χ1n) is 11.8. The Bertz CT molecular complexity index is 1420. The molecular formula is C26H23F6N3O2. The van der Waals surface area contributed by atoms with E-state index in [9.17, 15) is 35.9 Å². The van der Waals surface area contributed by atoms with Gasteiger partial charge < -0.3 is 4.90 Å². The Hall–Kier alpha value is -3.34. The van der Waals surface area contributed by atoms with Gasteiger partial charge in [0.2, 0.25) is 0 Å². The first-order valence-corrected chi connectivity index (χ1v) is 11.8. The van der Waals surface area contributed by atoms with Crippen LogP contribution >= 0.6 is 0 Å². The van der Waals surface area contributed by atoms with Crippen LogP contribution in [-0.2, 0) is 24.3 Å². The monoisotopic (exact) mass is 523 g/mol. The molecule has 1 aromatic heterocycles. The number of hydrogen-bond acceptors (Lipinski definition) is 3. The van der Waals surface area contributed by atoms with Gasteiger partial charge in [0.25, 0.3) is 5.56 Å². The van der Waals surface area contributed by atoms with Gasteiger partial charge in [0.15, 0.2) is 0 Å². The second-order valence-electron chi connectivity index (χ2n) is 9.76. The number of benzene rings is 2. The minimum atomic E-state index is -4.66. The number of halogens is 6. The lowest BCUT2D eigenvalue weighted by Gasteiger charge is -2.21. The molecule has 1 saturated heterocycles. The normalized spacial score (nSPS) is 21.7. The fraction of sp³-hybridized carbons (Fsp3) is 0.385. The van der Waals surface area contributed by atoms with Gasteiger partial charge in [-0.2, -0.15) is 26.3 Å². The molecule has 3 aromatic rings. The van der Waals surface area contributed by atoms with Crippen molar-refractivity contribution in [3.8, 4) is 11.1 Å². The molecule has 1 aliphatic carbocycles. The van der Waals surface area contributed by atoms with E-state index in [1.807, 2.05) is 0 Å². The molecule has 0 spiro atoms. The van der Waals surface area contributed by atoms with Gasteiger partial charge in [-0.25, -0.2) is 4.79 Å². The van der Waals surface area contributed by atoms with E-state index in [1.165, 1.54) is 22.8 Å². The number of nitrogens with zero attached hydrogens (tertiary/aromatic N) is 2. The number of likely N-dealkylation sites (tertiary alicyclic amines) is 1. The van der Waals surface area contributed by atoms with Gasteiger partial charge in [0, 0.05) is 36.8 Å². The van der Waals surface area contributed by atoms with Crippen molar-refractivity contribution in [2.45, 2.75) is 37.2 Å². The topological polar surface area (TPSA) is 58.1 Å². The van der Waals surface area contributed by atoms with Gasteiger partial charge in [-0.15, -0.1) is 0 Å². The zero-order valence-corrected chi connectivity index (χ0v) is 19.5. The van der Waals surface area contributed by atoms with Gasteiger partial charge >= 0.3 is 18.0 Å². The van der Waals surface area contributed by atoms with Gasteiger partial charge in [-0.1, -0.05) is 30.3 Å². The van der Waals surface area contributed by atoms with Crippen LogP contribution in [0.3, 0.4) is 0 Å². The van der Waals surface area contributed by atoms with Crippen molar-refractivity contribution in [1.29, 1.82) is 0 Å². The van der Waals surface area contributed by atoms with Crippen LogP contribution in [0.4, 0.5) is 26.3 Å². The molecule has 196 valence electrons. The van der Waals surface area contributed by atoms with Gasteiger partial charge in [-0.05, 0) is 49.1 Å². The number of nitrogens with one attached hydrogen (secondary N) is 1. The van der Waals surface area contributed by atoms with E-state index in [2.05, 4.69) is 9.88 Å². The number of piperidine rings is 1. The molecule has 2 fully saturated rings. The van der Waals surface area contributed by atoms with E-state index < -0.39 is 34.7 Å². The maximum Gasteiger partial charge on any atom is 0.417 e. The molecule has 0 amide bonds. The second-order valence-corrected chi connectivity index (χ2v) is 9.76. The van der Waals surface area contributed by atoms with E-state index in [0.29, 0.717) is 25.4 Å². The summed E-state index contributed by atoms with van der Waals surface area (Å²) in [5.41, 5.74) is -3.05. The predicted molar refractivity (Wildman–Crippen MR) is 124 cm³/mol. The van der Waals surface area contributed by atoms with E-state index in [-0.39, 0.29) is 23.1 Å². The molecule has 0 bridgehead atoms. The molecule has 1 aliphatic heterocycles. The summed E-state index contributed by atoms with van der Waals surface area (Å²) in [6.07, 6.45) is -6.46. The van der Waals surface area contributed by atoms with Gasteiger partial charge in [0.05, 0.1) is 16.7 Å². The van der Waals surface area contributed by atoms with Crippen LogP contribution in [0.25, 0.3) is 11.1 Å². The highest BCUT2D eigenvalue weighted by atomic mass is 19.4. The van der Waals surface area contributed by atoms with Crippen molar-refractivity contribution in [2.75, 3.05) is 19.6 Å². The molecular weight excluding hydrogens is 500 g/mol. The first kappa shape index (κ1) is 25.3. The van der Waals surface area contributed by atoms with E-state index in [1.54, 1.807) is 12.1 Å². The average Bonchev–Trinajstić information content (AvgIpc) is 3.40. The Kier molecular flexibility index (Phi) is 6.09. The summed E-state index contributed by atoms with van der Waals surface area (Å²) in [5, 5.41) is 0. The van der Waals surface area contributed by atoms with Gasteiger partial charge in [0.1, 0.15) is 0 Å². The Balaban J connectivity index is 1.26. The SMILES string of the molecule is O=c1[nH]c(=O)n(CCCN2C[C@@H]3C[C@]3(c3ccc(C(F)(F)F)cc3)C2)cc1-c1ccccc1C(F)(F)F. The van der Waals surface area contributed by atoms with Crippen LogP contribution in [0.5, 0.6) is 0 Å². The van der Waals surface area contributed by atoms with Crippen LogP contribution in [0, 0.1) is 5.92 Å². The number of aryl methyl sites for hydroxylation is 1.